The highest BCUT2D eigenvalue weighted by Gasteiger charge is 2.45. The molecule has 1 fully saturated rings. The first-order valence-corrected chi connectivity index (χ1v) is 10.8. The van der Waals surface area contributed by atoms with Gasteiger partial charge in [-0.15, -0.1) is 0 Å². The van der Waals surface area contributed by atoms with Crippen LogP contribution < -0.4 is 9.47 Å². The van der Waals surface area contributed by atoms with E-state index in [9.17, 15) is 19.8 Å². The summed E-state index contributed by atoms with van der Waals surface area (Å²) in [6, 6.07) is 19.6. The van der Waals surface area contributed by atoms with Crippen molar-refractivity contribution in [1.82, 2.24) is 4.90 Å². The lowest BCUT2D eigenvalue weighted by molar-refractivity contribution is -0.139. The number of aliphatic hydroxyl groups excluding tert-OH is 1. The smallest absolute Gasteiger partial charge is 0.295 e. The predicted octanol–water partition coefficient (Wildman–Crippen LogP) is 4.07. The molecular weight excluding hydrogens is 434 g/mol. The fourth-order valence-electron chi connectivity index (χ4n) is 4.15. The summed E-state index contributed by atoms with van der Waals surface area (Å²) in [6.07, 6.45) is 0.452. The molecule has 3 aromatic carbocycles. The number of carbonyl (C=O) groups is 2. The molecule has 1 unspecified atom stereocenters. The Morgan fingerprint density at radius 2 is 1.59 bits per heavy atom. The zero-order valence-electron chi connectivity index (χ0n) is 18.9. The van der Waals surface area contributed by atoms with Crippen LogP contribution in [0.3, 0.4) is 0 Å². The number of rotatable bonds is 7. The number of nitrogens with zero attached hydrogens (tertiary/aromatic N) is 1. The zero-order chi connectivity index (χ0) is 24.2. The molecule has 0 saturated carbocycles. The van der Waals surface area contributed by atoms with E-state index in [0.717, 1.165) is 5.56 Å². The highest BCUT2D eigenvalue weighted by molar-refractivity contribution is 6.46. The molecule has 34 heavy (non-hydrogen) atoms. The van der Waals surface area contributed by atoms with Gasteiger partial charge >= 0.3 is 0 Å². The molecule has 4 rings (SSSR count). The first-order chi connectivity index (χ1) is 16.4. The maximum Gasteiger partial charge on any atom is 0.295 e. The quantitative estimate of drug-likeness (QED) is 0.314. The largest absolute Gasteiger partial charge is 0.508 e. The number of hydrogen-bond acceptors (Lipinski definition) is 6. The highest BCUT2D eigenvalue weighted by Crippen LogP contribution is 2.40. The molecule has 174 valence electrons. The number of ketones is 1. The molecular formula is C27H25NO6. The maximum absolute atomic E-state index is 13.1. The average molecular weight is 459 g/mol. The first-order valence-electron chi connectivity index (χ1n) is 10.8. The Hall–Kier alpha value is -4.26. The number of amides is 1. The maximum atomic E-state index is 13.1. The van der Waals surface area contributed by atoms with Gasteiger partial charge in [-0.25, -0.2) is 0 Å². The van der Waals surface area contributed by atoms with E-state index in [2.05, 4.69) is 0 Å². The molecule has 0 spiro atoms. The molecule has 1 amide bonds. The molecule has 1 atom stereocenters. The van der Waals surface area contributed by atoms with Crippen LogP contribution in [0.25, 0.3) is 5.76 Å². The summed E-state index contributed by atoms with van der Waals surface area (Å²) >= 11 is 0. The van der Waals surface area contributed by atoms with Gasteiger partial charge in [0.25, 0.3) is 11.7 Å². The monoisotopic (exact) mass is 459 g/mol. The predicted molar refractivity (Wildman–Crippen MR) is 127 cm³/mol. The number of likely N-dealkylation sites (tertiary alicyclic amines) is 1. The van der Waals surface area contributed by atoms with E-state index in [-0.39, 0.29) is 23.6 Å². The van der Waals surface area contributed by atoms with Gasteiger partial charge in [0.15, 0.2) is 11.5 Å². The van der Waals surface area contributed by atoms with Gasteiger partial charge in [0.05, 0.1) is 25.8 Å². The van der Waals surface area contributed by atoms with Crippen molar-refractivity contribution in [3.05, 3.63) is 95.1 Å². The van der Waals surface area contributed by atoms with Crippen LogP contribution in [0, 0.1) is 0 Å². The van der Waals surface area contributed by atoms with E-state index in [4.69, 9.17) is 9.47 Å². The Kier molecular flexibility index (Phi) is 6.54. The van der Waals surface area contributed by atoms with Crippen molar-refractivity contribution >= 4 is 17.4 Å². The van der Waals surface area contributed by atoms with Crippen LogP contribution in [0.15, 0.2) is 78.4 Å². The summed E-state index contributed by atoms with van der Waals surface area (Å²) in [4.78, 5) is 27.6. The van der Waals surface area contributed by atoms with E-state index < -0.39 is 17.7 Å². The minimum absolute atomic E-state index is 0.0224. The van der Waals surface area contributed by atoms with Crippen molar-refractivity contribution in [2.24, 2.45) is 0 Å². The third kappa shape index (κ3) is 4.32. The topological polar surface area (TPSA) is 96.3 Å². The number of phenolic OH excluding ortho intramolecular Hbond substituents is 1. The number of methoxy groups -OCH3 is 2. The second-order valence-corrected chi connectivity index (χ2v) is 7.89. The molecule has 7 nitrogen and oxygen atoms in total. The Balaban J connectivity index is 1.73. The van der Waals surface area contributed by atoms with Crippen molar-refractivity contribution in [2.75, 3.05) is 20.8 Å². The van der Waals surface area contributed by atoms with Gasteiger partial charge in [0.1, 0.15) is 11.5 Å². The number of phenols is 1. The molecule has 2 N–H and O–H groups in total. The Morgan fingerprint density at radius 3 is 2.24 bits per heavy atom. The third-order valence-electron chi connectivity index (χ3n) is 5.89. The average Bonchev–Trinajstić information content (AvgIpc) is 3.12. The lowest BCUT2D eigenvalue weighted by atomic mass is 9.95. The zero-order valence-corrected chi connectivity index (χ0v) is 18.9. The van der Waals surface area contributed by atoms with Gasteiger partial charge in [-0.2, -0.15) is 0 Å². The molecule has 0 aliphatic carbocycles. The Morgan fingerprint density at radius 1 is 0.912 bits per heavy atom. The Bertz CT molecular complexity index is 1230. The number of benzene rings is 3. The third-order valence-corrected chi connectivity index (χ3v) is 5.89. The van der Waals surface area contributed by atoms with Crippen molar-refractivity contribution < 1.29 is 29.3 Å². The van der Waals surface area contributed by atoms with Crippen LogP contribution in [-0.2, 0) is 16.0 Å². The van der Waals surface area contributed by atoms with Crippen molar-refractivity contribution in [2.45, 2.75) is 12.5 Å². The fraction of sp³-hybridized carbons (Fsp3) is 0.185. The van der Waals surface area contributed by atoms with Gasteiger partial charge in [0, 0.05) is 12.1 Å². The van der Waals surface area contributed by atoms with Crippen LogP contribution in [-0.4, -0.2) is 47.6 Å². The van der Waals surface area contributed by atoms with Crippen molar-refractivity contribution in [1.29, 1.82) is 0 Å². The van der Waals surface area contributed by atoms with E-state index in [0.29, 0.717) is 29.0 Å². The number of hydrogen-bond donors (Lipinski definition) is 2. The van der Waals surface area contributed by atoms with Crippen LogP contribution in [0.4, 0.5) is 0 Å². The summed E-state index contributed by atoms with van der Waals surface area (Å²) < 4.78 is 10.6. The summed E-state index contributed by atoms with van der Waals surface area (Å²) in [7, 11) is 3.11. The molecule has 0 radical (unpaired) electrons. The highest BCUT2D eigenvalue weighted by atomic mass is 16.5. The van der Waals surface area contributed by atoms with Gasteiger partial charge in [-0.3, -0.25) is 9.59 Å². The second kappa shape index (κ2) is 9.70. The lowest BCUT2D eigenvalue weighted by Gasteiger charge is -2.25. The molecule has 3 aromatic rings. The number of carbonyl (C=O) groups excluding carboxylic acids is 2. The minimum atomic E-state index is -0.791. The molecule has 7 heteroatoms. The van der Waals surface area contributed by atoms with Crippen LogP contribution in [0.5, 0.6) is 17.2 Å². The van der Waals surface area contributed by atoms with Crippen LogP contribution in [0.2, 0.25) is 0 Å². The first kappa shape index (κ1) is 22.9. The Labute approximate surface area is 197 Å². The summed E-state index contributed by atoms with van der Waals surface area (Å²) in [5.74, 6) is -0.428. The lowest BCUT2D eigenvalue weighted by Crippen LogP contribution is -2.31. The van der Waals surface area contributed by atoms with Gasteiger partial charge in [-0.1, -0.05) is 48.5 Å². The van der Waals surface area contributed by atoms with E-state index in [1.54, 1.807) is 62.8 Å². The van der Waals surface area contributed by atoms with Crippen LogP contribution >= 0.6 is 0 Å². The van der Waals surface area contributed by atoms with Crippen molar-refractivity contribution in [3.63, 3.8) is 0 Å². The number of ether oxygens (including phenoxy) is 2. The molecule has 1 aliphatic heterocycles. The normalized spacial score (nSPS) is 17.1. The molecule has 1 heterocycles. The van der Waals surface area contributed by atoms with E-state index >= 15 is 0 Å². The van der Waals surface area contributed by atoms with Gasteiger partial charge < -0.3 is 24.6 Å². The van der Waals surface area contributed by atoms with E-state index in [1.807, 2.05) is 12.1 Å². The number of aromatic hydroxyl groups is 1. The van der Waals surface area contributed by atoms with Crippen molar-refractivity contribution in [3.8, 4) is 17.2 Å². The second-order valence-electron chi connectivity index (χ2n) is 7.89. The number of aliphatic hydroxyl groups is 1. The number of Topliss-reactive ketones (excluding diaryl/α,β-unsaturated/α-hetero) is 1. The van der Waals surface area contributed by atoms with E-state index in [1.165, 1.54) is 17.0 Å². The minimum Gasteiger partial charge on any atom is -0.508 e. The summed E-state index contributed by atoms with van der Waals surface area (Å²) in [5, 5.41) is 20.8. The molecule has 0 aromatic heterocycles. The molecule has 0 bridgehead atoms. The van der Waals surface area contributed by atoms with Crippen LogP contribution in [0.1, 0.15) is 22.7 Å². The molecule has 1 saturated heterocycles. The fourth-order valence-corrected chi connectivity index (χ4v) is 4.15. The molecule has 1 aliphatic rings. The van der Waals surface area contributed by atoms with Gasteiger partial charge in [0.2, 0.25) is 0 Å². The standard InChI is InChI=1S/C27H25NO6/c1-33-21-13-8-17(16-22(21)34-2)14-15-28-24(18-9-11-20(29)12-10-18)23(26(31)27(28)32)25(30)19-6-4-3-5-7-19/h3-13,16,24,29-30H,14-15H2,1-2H3/b25-23+. The van der Waals surface area contributed by atoms with Gasteiger partial charge in [-0.05, 0) is 41.8 Å². The summed E-state index contributed by atoms with van der Waals surface area (Å²) in [5.41, 5.74) is 1.98. The SMILES string of the molecule is COc1ccc(CCN2C(=O)C(=O)/C(=C(/O)c3ccccc3)C2c2ccc(O)cc2)cc1OC. The summed E-state index contributed by atoms with van der Waals surface area (Å²) in [6.45, 7) is 0.233.